The Morgan fingerprint density at radius 1 is 0.941 bits per heavy atom. The number of unbranched alkanes of at least 4 members (excludes halogenated alkanes) is 5. The molecule has 1 N–H and O–H groups in total. The monoisotopic (exact) mass is 244 g/mol. The van der Waals surface area contributed by atoms with E-state index in [1.807, 2.05) is 0 Å². The van der Waals surface area contributed by atoms with Gasteiger partial charge in [-0.3, -0.25) is 9.59 Å². The fraction of sp³-hybridized carbons (Fsp3) is 0.846. The number of ether oxygens (including phenoxy) is 1. The van der Waals surface area contributed by atoms with Gasteiger partial charge in [-0.1, -0.05) is 32.6 Å². The van der Waals surface area contributed by atoms with Crippen molar-refractivity contribution >= 4 is 11.9 Å². The maximum atomic E-state index is 11.2. The predicted molar refractivity (Wildman–Crippen MR) is 65.8 cm³/mol. The van der Waals surface area contributed by atoms with Gasteiger partial charge in [0.1, 0.15) is 0 Å². The molecule has 0 saturated carbocycles. The Kier molecular flexibility index (Phi) is 10.7. The zero-order valence-electron chi connectivity index (χ0n) is 10.7. The van der Waals surface area contributed by atoms with Gasteiger partial charge in [-0.15, -0.1) is 0 Å². The van der Waals surface area contributed by atoms with Crippen LogP contribution in [-0.2, 0) is 14.3 Å². The van der Waals surface area contributed by atoms with Crippen LogP contribution in [-0.4, -0.2) is 23.7 Å². The fourth-order valence-corrected chi connectivity index (χ4v) is 1.51. The van der Waals surface area contributed by atoms with Crippen LogP contribution >= 0.6 is 0 Å². The molecule has 0 aliphatic heterocycles. The van der Waals surface area contributed by atoms with Crippen molar-refractivity contribution in [2.45, 2.75) is 64.7 Å². The number of esters is 1. The molecule has 0 spiro atoms. The zero-order chi connectivity index (χ0) is 12.9. The number of hydrogen-bond donors (Lipinski definition) is 1. The minimum Gasteiger partial charge on any atom is -0.481 e. The van der Waals surface area contributed by atoms with Gasteiger partial charge in [0.15, 0.2) is 0 Å². The van der Waals surface area contributed by atoms with Crippen LogP contribution in [0.15, 0.2) is 0 Å². The summed E-state index contributed by atoms with van der Waals surface area (Å²) in [7, 11) is 0. The second-order valence-electron chi connectivity index (χ2n) is 4.24. The largest absolute Gasteiger partial charge is 0.481 e. The van der Waals surface area contributed by atoms with Gasteiger partial charge < -0.3 is 9.84 Å². The van der Waals surface area contributed by atoms with Crippen molar-refractivity contribution in [3.05, 3.63) is 0 Å². The minimum absolute atomic E-state index is 0.147. The van der Waals surface area contributed by atoms with Gasteiger partial charge in [-0.2, -0.15) is 0 Å². The number of aliphatic carboxylic acids is 1. The van der Waals surface area contributed by atoms with Crippen molar-refractivity contribution in [3.63, 3.8) is 0 Å². The maximum absolute atomic E-state index is 11.2. The van der Waals surface area contributed by atoms with Crippen LogP contribution in [0.2, 0.25) is 0 Å². The second kappa shape index (κ2) is 11.4. The van der Waals surface area contributed by atoms with Crippen LogP contribution in [0.5, 0.6) is 0 Å². The molecule has 0 atom stereocenters. The van der Waals surface area contributed by atoms with Gasteiger partial charge >= 0.3 is 11.9 Å². The van der Waals surface area contributed by atoms with Crippen molar-refractivity contribution in [1.82, 2.24) is 0 Å². The van der Waals surface area contributed by atoms with Crippen molar-refractivity contribution in [2.24, 2.45) is 0 Å². The summed E-state index contributed by atoms with van der Waals surface area (Å²) in [5.74, 6) is -0.955. The third kappa shape index (κ3) is 12.9. The molecule has 0 aromatic carbocycles. The smallest absolute Gasteiger partial charge is 0.305 e. The van der Waals surface area contributed by atoms with E-state index in [9.17, 15) is 9.59 Å². The molecular formula is C13H24O4. The first kappa shape index (κ1) is 15.9. The van der Waals surface area contributed by atoms with E-state index < -0.39 is 5.97 Å². The van der Waals surface area contributed by atoms with Crippen LogP contribution in [0, 0.1) is 0 Å². The Hall–Kier alpha value is -1.06. The number of rotatable bonds is 11. The van der Waals surface area contributed by atoms with Crippen LogP contribution in [0.3, 0.4) is 0 Å². The highest BCUT2D eigenvalue weighted by atomic mass is 16.5. The fourth-order valence-electron chi connectivity index (χ4n) is 1.51. The number of carbonyl (C=O) groups excluding carboxylic acids is 1. The highest BCUT2D eigenvalue weighted by molar-refractivity contribution is 5.69. The Bertz CT molecular complexity index is 213. The topological polar surface area (TPSA) is 63.6 Å². The molecule has 0 aliphatic rings. The third-order valence-corrected chi connectivity index (χ3v) is 2.53. The first-order valence-corrected chi connectivity index (χ1v) is 6.54. The number of hydrogen-bond acceptors (Lipinski definition) is 3. The third-order valence-electron chi connectivity index (χ3n) is 2.53. The summed E-state index contributed by atoms with van der Waals surface area (Å²) in [5, 5.41) is 8.40. The molecule has 0 fully saturated rings. The number of carbonyl (C=O) groups is 2. The predicted octanol–water partition coefficient (Wildman–Crippen LogP) is 3.15. The Morgan fingerprint density at radius 2 is 1.59 bits per heavy atom. The number of carboxylic acid groups (broad SMARTS) is 1. The van der Waals surface area contributed by atoms with E-state index in [4.69, 9.17) is 9.84 Å². The van der Waals surface area contributed by atoms with Gasteiger partial charge in [0.25, 0.3) is 0 Å². The first-order valence-electron chi connectivity index (χ1n) is 6.54. The molecule has 0 aliphatic carbocycles. The van der Waals surface area contributed by atoms with Gasteiger partial charge in [0.05, 0.1) is 6.61 Å². The molecule has 4 nitrogen and oxygen atoms in total. The van der Waals surface area contributed by atoms with Crippen molar-refractivity contribution in [3.8, 4) is 0 Å². The van der Waals surface area contributed by atoms with Gasteiger partial charge in [-0.05, 0) is 19.3 Å². The highest BCUT2D eigenvalue weighted by Gasteiger charge is 2.02. The summed E-state index contributed by atoms with van der Waals surface area (Å²) in [4.78, 5) is 21.5. The molecule has 0 aromatic rings. The van der Waals surface area contributed by atoms with Crippen LogP contribution in [0.1, 0.15) is 64.7 Å². The Labute approximate surface area is 103 Å². The summed E-state index contributed by atoms with van der Waals surface area (Å²) in [6, 6.07) is 0. The lowest BCUT2D eigenvalue weighted by molar-refractivity contribution is -0.143. The lowest BCUT2D eigenvalue weighted by Crippen LogP contribution is -2.06. The molecule has 0 heterocycles. The van der Waals surface area contributed by atoms with E-state index in [1.54, 1.807) is 0 Å². The molecular weight excluding hydrogens is 220 g/mol. The van der Waals surface area contributed by atoms with E-state index in [0.29, 0.717) is 25.9 Å². The van der Waals surface area contributed by atoms with E-state index >= 15 is 0 Å². The lowest BCUT2D eigenvalue weighted by Gasteiger charge is -2.04. The maximum Gasteiger partial charge on any atom is 0.305 e. The molecule has 0 bridgehead atoms. The first-order chi connectivity index (χ1) is 8.16. The molecule has 0 unspecified atom stereocenters. The summed E-state index contributed by atoms with van der Waals surface area (Å²) >= 11 is 0. The molecule has 0 rings (SSSR count). The second-order valence-corrected chi connectivity index (χ2v) is 4.24. The van der Waals surface area contributed by atoms with Crippen LogP contribution < -0.4 is 0 Å². The Balaban J connectivity index is 3.20. The summed E-state index contributed by atoms with van der Waals surface area (Å²) in [6.07, 6.45) is 7.43. The molecule has 0 radical (unpaired) electrons. The molecule has 0 aromatic heterocycles. The molecule has 0 saturated heterocycles. The normalized spacial score (nSPS) is 10.2. The summed E-state index contributed by atoms with van der Waals surface area (Å²) in [5.41, 5.74) is 0. The van der Waals surface area contributed by atoms with E-state index in [0.717, 1.165) is 12.8 Å². The molecule has 4 heteroatoms. The van der Waals surface area contributed by atoms with E-state index in [2.05, 4.69) is 6.92 Å². The standard InChI is InChI=1S/C13H24O4/c1-2-3-4-5-6-10-13(16)17-11-8-7-9-12(14)15/h2-11H2,1H3,(H,14,15). The minimum atomic E-state index is -0.799. The van der Waals surface area contributed by atoms with Crippen LogP contribution in [0.4, 0.5) is 0 Å². The molecule has 0 amide bonds. The van der Waals surface area contributed by atoms with Crippen LogP contribution in [0.25, 0.3) is 0 Å². The average Bonchev–Trinajstić information content (AvgIpc) is 2.28. The average molecular weight is 244 g/mol. The quantitative estimate of drug-likeness (QED) is 0.448. The van der Waals surface area contributed by atoms with Gasteiger partial charge in [0, 0.05) is 12.8 Å². The van der Waals surface area contributed by atoms with Crippen molar-refractivity contribution in [1.29, 1.82) is 0 Å². The SMILES string of the molecule is CCCCCCCC(=O)OCCCCC(=O)O. The zero-order valence-corrected chi connectivity index (χ0v) is 10.7. The summed E-state index contributed by atoms with van der Waals surface area (Å²) in [6.45, 7) is 2.51. The molecule has 100 valence electrons. The lowest BCUT2D eigenvalue weighted by atomic mass is 10.1. The van der Waals surface area contributed by atoms with Gasteiger partial charge in [-0.25, -0.2) is 0 Å². The summed E-state index contributed by atoms with van der Waals surface area (Å²) < 4.78 is 5.00. The van der Waals surface area contributed by atoms with E-state index in [1.165, 1.54) is 19.3 Å². The Morgan fingerprint density at radius 3 is 2.24 bits per heavy atom. The van der Waals surface area contributed by atoms with Gasteiger partial charge in [0.2, 0.25) is 0 Å². The van der Waals surface area contributed by atoms with Crippen molar-refractivity contribution < 1.29 is 19.4 Å². The van der Waals surface area contributed by atoms with Crippen molar-refractivity contribution in [2.75, 3.05) is 6.61 Å². The van der Waals surface area contributed by atoms with E-state index in [-0.39, 0.29) is 12.4 Å². The number of carboxylic acids is 1. The molecule has 17 heavy (non-hydrogen) atoms. The highest BCUT2D eigenvalue weighted by Crippen LogP contribution is 2.06.